The summed E-state index contributed by atoms with van der Waals surface area (Å²) in [6, 6.07) is 0. The van der Waals surface area contributed by atoms with Gasteiger partial charge in [-0.25, -0.2) is 13.1 Å². The van der Waals surface area contributed by atoms with Crippen LogP contribution in [-0.4, -0.2) is 56.2 Å². The molecule has 0 aromatic carbocycles. The van der Waals surface area contributed by atoms with Gasteiger partial charge in [-0.05, 0) is 26.6 Å². The predicted molar refractivity (Wildman–Crippen MR) is 83.7 cm³/mol. The van der Waals surface area contributed by atoms with E-state index in [4.69, 9.17) is 0 Å². The number of aromatic amines is 1. The Kier molecular flexibility index (Phi) is 7.30. The number of H-pyrrole nitrogens is 1. The Bertz CT molecular complexity index is 523. The van der Waals surface area contributed by atoms with Crippen molar-refractivity contribution in [1.82, 2.24) is 25.1 Å². The standard InChI is InChI=1S/C13H27N5O2S/c1-5-14-10-12-13(11(4)16-17-12)21(19,20)15-8-9-18(6-2)7-3/h14-15H,5-10H2,1-4H3,(H,16,17). The van der Waals surface area contributed by atoms with Gasteiger partial charge in [0.15, 0.2) is 0 Å². The highest BCUT2D eigenvalue weighted by atomic mass is 32.2. The van der Waals surface area contributed by atoms with Crippen LogP contribution in [0.15, 0.2) is 4.90 Å². The van der Waals surface area contributed by atoms with E-state index in [1.54, 1.807) is 6.92 Å². The largest absolute Gasteiger partial charge is 0.311 e. The fourth-order valence-electron chi connectivity index (χ4n) is 2.14. The molecule has 1 aromatic rings. The van der Waals surface area contributed by atoms with E-state index in [0.29, 0.717) is 31.0 Å². The van der Waals surface area contributed by atoms with Crippen molar-refractivity contribution >= 4 is 10.0 Å². The Morgan fingerprint density at radius 2 is 1.90 bits per heavy atom. The number of sulfonamides is 1. The lowest BCUT2D eigenvalue weighted by molar-refractivity contribution is 0.309. The quantitative estimate of drug-likeness (QED) is 0.583. The monoisotopic (exact) mass is 317 g/mol. The van der Waals surface area contributed by atoms with Gasteiger partial charge in [0, 0.05) is 19.6 Å². The van der Waals surface area contributed by atoms with Crippen LogP contribution in [0.1, 0.15) is 32.2 Å². The van der Waals surface area contributed by atoms with Crippen molar-refractivity contribution in [3.63, 3.8) is 0 Å². The van der Waals surface area contributed by atoms with Crippen LogP contribution in [0, 0.1) is 6.92 Å². The first kappa shape index (κ1) is 18.1. The summed E-state index contributed by atoms with van der Waals surface area (Å²) in [5, 5.41) is 9.93. The van der Waals surface area contributed by atoms with E-state index >= 15 is 0 Å². The highest BCUT2D eigenvalue weighted by Crippen LogP contribution is 2.17. The third-order valence-electron chi connectivity index (χ3n) is 3.39. The van der Waals surface area contributed by atoms with Gasteiger partial charge < -0.3 is 10.2 Å². The molecule has 1 rings (SSSR count). The average molecular weight is 317 g/mol. The molecule has 1 heterocycles. The molecule has 0 spiro atoms. The van der Waals surface area contributed by atoms with Crippen LogP contribution < -0.4 is 10.0 Å². The van der Waals surface area contributed by atoms with Crippen molar-refractivity contribution in [2.75, 3.05) is 32.7 Å². The van der Waals surface area contributed by atoms with Crippen LogP contribution in [0.4, 0.5) is 0 Å². The third-order valence-corrected chi connectivity index (χ3v) is 5.05. The Morgan fingerprint density at radius 1 is 1.24 bits per heavy atom. The van der Waals surface area contributed by atoms with Crippen molar-refractivity contribution < 1.29 is 8.42 Å². The van der Waals surface area contributed by atoms with Crippen LogP contribution in [0.5, 0.6) is 0 Å². The maximum atomic E-state index is 12.4. The van der Waals surface area contributed by atoms with Crippen molar-refractivity contribution in [3.05, 3.63) is 11.4 Å². The lowest BCUT2D eigenvalue weighted by Gasteiger charge is -2.18. The highest BCUT2D eigenvalue weighted by Gasteiger charge is 2.23. The maximum Gasteiger partial charge on any atom is 0.244 e. The molecule has 122 valence electrons. The number of rotatable bonds is 10. The Hall–Kier alpha value is -0.960. The minimum atomic E-state index is -3.53. The van der Waals surface area contributed by atoms with Crippen LogP contribution in [0.25, 0.3) is 0 Å². The molecular formula is C13H27N5O2S. The van der Waals surface area contributed by atoms with Gasteiger partial charge >= 0.3 is 0 Å². The summed E-state index contributed by atoms with van der Waals surface area (Å²) in [7, 11) is -3.53. The van der Waals surface area contributed by atoms with Crippen molar-refractivity contribution in [1.29, 1.82) is 0 Å². The van der Waals surface area contributed by atoms with E-state index in [-0.39, 0.29) is 4.90 Å². The van der Waals surface area contributed by atoms with Crippen LogP contribution in [0.3, 0.4) is 0 Å². The summed E-state index contributed by atoms with van der Waals surface area (Å²) in [5.74, 6) is 0. The SMILES string of the molecule is CCNCc1n[nH]c(C)c1S(=O)(=O)NCCN(CC)CC. The summed E-state index contributed by atoms with van der Waals surface area (Å²) >= 11 is 0. The van der Waals surface area contributed by atoms with E-state index < -0.39 is 10.0 Å². The molecule has 1 aromatic heterocycles. The molecule has 0 saturated heterocycles. The van der Waals surface area contributed by atoms with E-state index in [2.05, 4.69) is 39.0 Å². The molecule has 0 amide bonds. The molecule has 7 nitrogen and oxygen atoms in total. The van der Waals surface area contributed by atoms with E-state index in [9.17, 15) is 8.42 Å². The lowest BCUT2D eigenvalue weighted by Crippen LogP contribution is -2.35. The van der Waals surface area contributed by atoms with Crippen LogP contribution in [-0.2, 0) is 16.6 Å². The molecule has 0 saturated carbocycles. The van der Waals surface area contributed by atoms with Gasteiger partial charge in [0.25, 0.3) is 0 Å². The van der Waals surface area contributed by atoms with E-state index in [1.165, 1.54) is 0 Å². The summed E-state index contributed by atoms with van der Waals surface area (Å²) in [5.41, 5.74) is 1.10. The van der Waals surface area contributed by atoms with Gasteiger partial charge in [-0.3, -0.25) is 5.10 Å². The fourth-order valence-corrected chi connectivity index (χ4v) is 3.52. The second-order valence-electron chi connectivity index (χ2n) is 4.83. The third kappa shape index (κ3) is 5.06. The first-order chi connectivity index (χ1) is 9.96. The minimum Gasteiger partial charge on any atom is -0.311 e. The van der Waals surface area contributed by atoms with Crippen molar-refractivity contribution in [2.24, 2.45) is 0 Å². The summed E-state index contributed by atoms with van der Waals surface area (Å²) in [6.07, 6.45) is 0. The molecule has 0 aliphatic heterocycles. The summed E-state index contributed by atoms with van der Waals surface area (Å²) < 4.78 is 27.5. The molecular weight excluding hydrogens is 290 g/mol. The van der Waals surface area contributed by atoms with E-state index in [0.717, 1.165) is 19.6 Å². The zero-order valence-corrected chi connectivity index (χ0v) is 14.2. The Balaban J connectivity index is 2.76. The smallest absolute Gasteiger partial charge is 0.244 e. The van der Waals surface area contributed by atoms with Gasteiger partial charge in [0.1, 0.15) is 4.90 Å². The van der Waals surface area contributed by atoms with Crippen LogP contribution in [0.2, 0.25) is 0 Å². The van der Waals surface area contributed by atoms with Gasteiger partial charge in [-0.15, -0.1) is 0 Å². The first-order valence-corrected chi connectivity index (χ1v) is 8.91. The summed E-state index contributed by atoms with van der Waals surface area (Å²) in [6.45, 7) is 11.9. The molecule has 0 radical (unpaired) electrons. The topological polar surface area (TPSA) is 90.1 Å². The molecule has 21 heavy (non-hydrogen) atoms. The number of aromatic nitrogens is 2. The molecule has 0 fully saturated rings. The van der Waals surface area contributed by atoms with Crippen LogP contribution >= 0.6 is 0 Å². The molecule has 0 atom stereocenters. The number of hydrogen-bond donors (Lipinski definition) is 3. The second kappa shape index (κ2) is 8.47. The Morgan fingerprint density at radius 3 is 2.48 bits per heavy atom. The fraction of sp³-hybridized carbons (Fsp3) is 0.769. The van der Waals surface area contributed by atoms with Gasteiger partial charge in [0.05, 0.1) is 11.4 Å². The first-order valence-electron chi connectivity index (χ1n) is 7.42. The average Bonchev–Trinajstić information content (AvgIpc) is 2.83. The van der Waals surface area contributed by atoms with E-state index in [1.807, 2.05) is 6.92 Å². The number of aryl methyl sites for hydroxylation is 1. The molecule has 0 bridgehead atoms. The number of likely N-dealkylation sites (N-methyl/N-ethyl adjacent to an activating group) is 1. The zero-order chi connectivity index (χ0) is 15.9. The maximum absolute atomic E-state index is 12.4. The minimum absolute atomic E-state index is 0.267. The summed E-state index contributed by atoms with van der Waals surface area (Å²) in [4.78, 5) is 2.44. The predicted octanol–water partition coefficient (Wildman–Crippen LogP) is 0.448. The number of nitrogens with one attached hydrogen (secondary N) is 3. The second-order valence-corrected chi connectivity index (χ2v) is 6.53. The van der Waals surface area contributed by atoms with Crippen molar-refractivity contribution in [3.8, 4) is 0 Å². The highest BCUT2D eigenvalue weighted by molar-refractivity contribution is 7.89. The lowest BCUT2D eigenvalue weighted by atomic mass is 10.3. The van der Waals surface area contributed by atoms with Gasteiger partial charge in [-0.1, -0.05) is 20.8 Å². The number of hydrogen-bond acceptors (Lipinski definition) is 5. The molecule has 0 unspecified atom stereocenters. The van der Waals surface area contributed by atoms with Gasteiger partial charge in [-0.2, -0.15) is 5.10 Å². The van der Waals surface area contributed by atoms with Crippen molar-refractivity contribution in [2.45, 2.75) is 39.1 Å². The molecule has 0 aliphatic rings. The zero-order valence-electron chi connectivity index (χ0n) is 13.4. The van der Waals surface area contributed by atoms with Gasteiger partial charge in [0.2, 0.25) is 10.0 Å². The normalized spacial score (nSPS) is 12.2. The molecule has 8 heteroatoms. The molecule has 3 N–H and O–H groups in total. The number of nitrogens with zero attached hydrogens (tertiary/aromatic N) is 2. The Labute approximate surface area is 127 Å². The molecule has 0 aliphatic carbocycles.